The lowest BCUT2D eigenvalue weighted by molar-refractivity contribution is 0.481. The van der Waals surface area contributed by atoms with Crippen LogP contribution in [0.1, 0.15) is 43.2 Å². The number of rotatable bonds is 7. The zero-order chi connectivity index (χ0) is 15.2. The van der Waals surface area contributed by atoms with Gasteiger partial charge in [0.05, 0.1) is 6.26 Å². The summed E-state index contributed by atoms with van der Waals surface area (Å²) in [7, 11) is 0. The summed E-state index contributed by atoms with van der Waals surface area (Å²) in [6.45, 7) is 5.15. The van der Waals surface area contributed by atoms with Crippen molar-refractivity contribution < 1.29 is 8.81 Å². The molecule has 2 rings (SSSR count). The van der Waals surface area contributed by atoms with Crippen molar-refractivity contribution in [3.8, 4) is 0 Å². The summed E-state index contributed by atoms with van der Waals surface area (Å²) < 4.78 is 19.9. The molecule has 2 aromatic rings. The molecule has 0 aliphatic carbocycles. The summed E-state index contributed by atoms with van der Waals surface area (Å²) in [5.41, 5.74) is 2.14. The Labute approximate surface area is 133 Å². The molecule has 1 unspecified atom stereocenters. The van der Waals surface area contributed by atoms with E-state index in [-0.39, 0.29) is 11.9 Å². The quantitative estimate of drug-likeness (QED) is 0.755. The van der Waals surface area contributed by atoms with Gasteiger partial charge in [0.2, 0.25) is 0 Å². The van der Waals surface area contributed by atoms with Gasteiger partial charge in [0, 0.05) is 22.5 Å². The molecule has 1 atom stereocenters. The molecule has 0 fully saturated rings. The van der Waals surface area contributed by atoms with Gasteiger partial charge in [-0.05, 0) is 49.2 Å². The van der Waals surface area contributed by atoms with Crippen LogP contribution in [-0.2, 0) is 12.8 Å². The second-order valence-electron chi connectivity index (χ2n) is 5.14. The van der Waals surface area contributed by atoms with E-state index < -0.39 is 0 Å². The lowest BCUT2D eigenvalue weighted by Gasteiger charge is -2.19. The zero-order valence-electron chi connectivity index (χ0n) is 12.5. The van der Waals surface area contributed by atoms with Crippen LogP contribution in [0.15, 0.2) is 39.4 Å². The number of nitrogens with one attached hydrogen (secondary N) is 1. The van der Waals surface area contributed by atoms with E-state index in [4.69, 9.17) is 4.42 Å². The lowest BCUT2D eigenvalue weighted by Crippen LogP contribution is -2.24. The minimum Gasteiger partial charge on any atom is -0.469 e. The SMILES string of the molecule is CCCNC(Cc1cc(F)cc(Br)c1)c1ccoc1CC. The molecule has 114 valence electrons. The summed E-state index contributed by atoms with van der Waals surface area (Å²) in [5.74, 6) is 0.788. The van der Waals surface area contributed by atoms with E-state index >= 15 is 0 Å². The Hall–Kier alpha value is -1.13. The van der Waals surface area contributed by atoms with Gasteiger partial charge in [0.15, 0.2) is 0 Å². The van der Waals surface area contributed by atoms with E-state index in [1.54, 1.807) is 12.3 Å². The van der Waals surface area contributed by atoms with Crippen molar-refractivity contribution >= 4 is 15.9 Å². The molecular formula is C17H21BrFNO. The molecule has 4 heteroatoms. The fourth-order valence-corrected chi connectivity index (χ4v) is 3.04. The predicted molar refractivity (Wildman–Crippen MR) is 86.9 cm³/mol. The molecule has 21 heavy (non-hydrogen) atoms. The molecule has 0 aliphatic heterocycles. The lowest BCUT2D eigenvalue weighted by atomic mass is 9.98. The second kappa shape index (κ2) is 7.76. The molecule has 0 saturated carbocycles. The third-order valence-corrected chi connectivity index (χ3v) is 3.94. The number of benzene rings is 1. The number of hydrogen-bond donors (Lipinski definition) is 1. The first-order valence-electron chi connectivity index (χ1n) is 7.38. The zero-order valence-corrected chi connectivity index (χ0v) is 14.0. The van der Waals surface area contributed by atoms with Gasteiger partial charge in [0.25, 0.3) is 0 Å². The van der Waals surface area contributed by atoms with Crippen molar-refractivity contribution in [1.29, 1.82) is 0 Å². The maximum Gasteiger partial charge on any atom is 0.124 e. The molecule has 2 nitrogen and oxygen atoms in total. The van der Waals surface area contributed by atoms with Gasteiger partial charge >= 0.3 is 0 Å². The van der Waals surface area contributed by atoms with Crippen LogP contribution in [0.5, 0.6) is 0 Å². The normalized spacial score (nSPS) is 12.6. The molecule has 1 aromatic heterocycles. The molecule has 0 radical (unpaired) electrons. The highest BCUT2D eigenvalue weighted by Gasteiger charge is 2.17. The molecule has 0 aliphatic rings. The Morgan fingerprint density at radius 2 is 2.10 bits per heavy atom. The standard InChI is InChI=1S/C17H21BrFNO/c1-3-6-20-16(15-5-7-21-17(15)4-2)10-12-8-13(18)11-14(19)9-12/h5,7-9,11,16,20H,3-4,6,10H2,1-2H3. The Kier molecular flexibility index (Phi) is 6.00. The van der Waals surface area contributed by atoms with Crippen LogP contribution in [0.3, 0.4) is 0 Å². The Bertz CT molecular complexity index is 562. The minimum atomic E-state index is -0.212. The van der Waals surface area contributed by atoms with E-state index in [1.165, 1.54) is 11.6 Å². The van der Waals surface area contributed by atoms with E-state index in [1.807, 2.05) is 12.1 Å². The maximum absolute atomic E-state index is 13.5. The summed E-state index contributed by atoms with van der Waals surface area (Å²) in [4.78, 5) is 0. The molecular weight excluding hydrogens is 333 g/mol. The second-order valence-corrected chi connectivity index (χ2v) is 6.06. The molecule has 1 aromatic carbocycles. The van der Waals surface area contributed by atoms with Gasteiger partial charge < -0.3 is 9.73 Å². The molecule has 1 N–H and O–H groups in total. The highest BCUT2D eigenvalue weighted by molar-refractivity contribution is 9.10. The van der Waals surface area contributed by atoms with Crippen LogP contribution in [0.4, 0.5) is 4.39 Å². The Balaban J connectivity index is 2.23. The molecule has 1 heterocycles. The first-order valence-corrected chi connectivity index (χ1v) is 8.18. The van der Waals surface area contributed by atoms with Gasteiger partial charge in [0.1, 0.15) is 11.6 Å². The summed E-state index contributed by atoms with van der Waals surface area (Å²) >= 11 is 3.35. The van der Waals surface area contributed by atoms with Crippen molar-refractivity contribution in [2.75, 3.05) is 6.54 Å². The average Bonchev–Trinajstić information content (AvgIpc) is 2.90. The van der Waals surface area contributed by atoms with Crippen LogP contribution < -0.4 is 5.32 Å². The number of hydrogen-bond acceptors (Lipinski definition) is 2. The Morgan fingerprint density at radius 3 is 2.76 bits per heavy atom. The van der Waals surface area contributed by atoms with Crippen LogP contribution in [-0.4, -0.2) is 6.54 Å². The van der Waals surface area contributed by atoms with E-state index in [2.05, 4.69) is 35.1 Å². The molecule has 0 bridgehead atoms. The minimum absolute atomic E-state index is 0.146. The topological polar surface area (TPSA) is 25.2 Å². The summed E-state index contributed by atoms with van der Waals surface area (Å²) in [6, 6.07) is 7.20. The Morgan fingerprint density at radius 1 is 1.29 bits per heavy atom. The summed E-state index contributed by atoms with van der Waals surface area (Å²) in [5, 5.41) is 3.54. The van der Waals surface area contributed by atoms with Crippen LogP contribution >= 0.6 is 15.9 Å². The predicted octanol–water partition coefficient (Wildman–Crippen LogP) is 5.03. The highest BCUT2D eigenvalue weighted by atomic mass is 79.9. The van der Waals surface area contributed by atoms with E-state index in [9.17, 15) is 4.39 Å². The van der Waals surface area contributed by atoms with Crippen molar-refractivity contribution in [3.63, 3.8) is 0 Å². The van der Waals surface area contributed by atoms with Gasteiger partial charge in [-0.2, -0.15) is 0 Å². The first kappa shape index (κ1) is 16.2. The van der Waals surface area contributed by atoms with Crippen LogP contribution in [0.2, 0.25) is 0 Å². The summed E-state index contributed by atoms with van der Waals surface area (Å²) in [6.07, 6.45) is 4.39. The fraction of sp³-hybridized carbons (Fsp3) is 0.412. The third kappa shape index (κ3) is 4.42. The van der Waals surface area contributed by atoms with Crippen molar-refractivity contribution in [2.45, 2.75) is 39.2 Å². The maximum atomic E-state index is 13.5. The largest absolute Gasteiger partial charge is 0.469 e. The monoisotopic (exact) mass is 353 g/mol. The molecule has 0 amide bonds. The van der Waals surface area contributed by atoms with Crippen LogP contribution in [0.25, 0.3) is 0 Å². The molecule has 0 spiro atoms. The van der Waals surface area contributed by atoms with E-state index in [0.29, 0.717) is 0 Å². The van der Waals surface area contributed by atoms with Crippen molar-refractivity contribution in [3.05, 3.63) is 57.7 Å². The smallest absolute Gasteiger partial charge is 0.124 e. The molecule has 0 saturated heterocycles. The average molecular weight is 354 g/mol. The number of aryl methyl sites for hydroxylation is 1. The van der Waals surface area contributed by atoms with Crippen LogP contribution in [0, 0.1) is 5.82 Å². The fourth-order valence-electron chi connectivity index (χ4n) is 2.52. The van der Waals surface area contributed by atoms with E-state index in [0.717, 1.165) is 41.6 Å². The highest BCUT2D eigenvalue weighted by Crippen LogP contribution is 2.25. The number of halogens is 2. The van der Waals surface area contributed by atoms with Gasteiger partial charge in [-0.25, -0.2) is 4.39 Å². The van der Waals surface area contributed by atoms with Gasteiger partial charge in [-0.1, -0.05) is 29.8 Å². The van der Waals surface area contributed by atoms with Crippen molar-refractivity contribution in [1.82, 2.24) is 5.32 Å². The van der Waals surface area contributed by atoms with Gasteiger partial charge in [-0.3, -0.25) is 0 Å². The van der Waals surface area contributed by atoms with Crippen molar-refractivity contribution in [2.24, 2.45) is 0 Å². The first-order chi connectivity index (χ1) is 10.1. The number of furan rings is 1. The third-order valence-electron chi connectivity index (χ3n) is 3.48. The van der Waals surface area contributed by atoms with Gasteiger partial charge in [-0.15, -0.1) is 0 Å².